The monoisotopic (exact) mass is 361 g/mol. The number of rotatable bonds is 11. The Hall–Kier alpha value is -3.05. The van der Waals surface area contributed by atoms with Gasteiger partial charge in [0.1, 0.15) is 6.61 Å². The van der Waals surface area contributed by atoms with Gasteiger partial charge < -0.3 is 14.9 Å². The average molecular weight is 361 g/mol. The van der Waals surface area contributed by atoms with Crippen molar-refractivity contribution in [2.45, 2.75) is 25.7 Å². The predicted molar refractivity (Wildman–Crippen MR) is 88.5 cm³/mol. The van der Waals surface area contributed by atoms with Crippen molar-refractivity contribution >= 4 is 23.5 Å². The summed E-state index contributed by atoms with van der Waals surface area (Å²) in [4.78, 5) is 48.0. The van der Waals surface area contributed by atoms with E-state index >= 15 is 0 Å². The topological polar surface area (TPSA) is 142 Å². The molecule has 1 rings (SSSR count). The molecule has 0 aliphatic rings. The zero-order valence-electron chi connectivity index (χ0n) is 14.2. The van der Waals surface area contributed by atoms with E-state index in [1.54, 1.807) is 0 Å². The molecule has 26 heavy (non-hydrogen) atoms. The van der Waals surface area contributed by atoms with Gasteiger partial charge in [-0.05, 0) is 25.0 Å². The molecule has 2 N–H and O–H groups in total. The minimum atomic E-state index is -2.39. The maximum atomic E-state index is 12.9. The number of ketones is 2. The van der Waals surface area contributed by atoms with Gasteiger partial charge in [0, 0.05) is 19.1 Å². The number of nitrogens with zero attached hydrogens (tertiary/aromatic N) is 1. The summed E-state index contributed by atoms with van der Waals surface area (Å²) in [6.07, 6.45) is -0.381. The number of Topliss-reactive ketones (excluding diaryl/α,β-unsaturated/α-hetero) is 2. The molecule has 0 aliphatic heterocycles. The van der Waals surface area contributed by atoms with Crippen molar-refractivity contribution in [2.24, 2.45) is 5.41 Å². The van der Waals surface area contributed by atoms with E-state index < -0.39 is 35.5 Å². The first-order valence-corrected chi connectivity index (χ1v) is 7.82. The molecule has 8 nitrogen and oxygen atoms in total. The Balaban J connectivity index is 3.29. The summed E-state index contributed by atoms with van der Waals surface area (Å²) in [5.41, 5.74) is -2.31. The molecular weight excluding hydrogens is 342 g/mol. The molecule has 0 bridgehead atoms. The van der Waals surface area contributed by atoms with E-state index in [0.29, 0.717) is 0 Å². The number of unbranched alkanes of at least 4 members (excludes halogenated alkanes) is 1. The quantitative estimate of drug-likeness (QED) is 0.344. The average Bonchev–Trinajstić information content (AvgIpc) is 2.61. The number of ether oxygens (including phenoxy) is 1. The van der Waals surface area contributed by atoms with Crippen molar-refractivity contribution in [1.82, 2.24) is 0 Å². The third-order valence-corrected chi connectivity index (χ3v) is 3.95. The highest BCUT2D eigenvalue weighted by Gasteiger charge is 2.52. The number of carbonyl (C=O) groups excluding carboxylic acids is 2. The molecule has 0 spiro atoms. The van der Waals surface area contributed by atoms with E-state index in [0.717, 1.165) is 0 Å². The van der Waals surface area contributed by atoms with E-state index in [2.05, 4.69) is 0 Å². The lowest BCUT2D eigenvalue weighted by Gasteiger charge is -2.26. The predicted octanol–water partition coefficient (Wildman–Crippen LogP) is 1.67. The molecule has 0 radical (unpaired) electrons. The minimum Gasteiger partial charge on any atom is -0.481 e. The van der Waals surface area contributed by atoms with Gasteiger partial charge in [-0.2, -0.15) is 5.26 Å². The first-order chi connectivity index (χ1) is 12.3. The van der Waals surface area contributed by atoms with Crippen LogP contribution < -0.4 is 0 Å². The van der Waals surface area contributed by atoms with E-state index in [1.807, 2.05) is 6.07 Å². The number of hydrogen-bond donors (Lipinski definition) is 2. The van der Waals surface area contributed by atoms with Gasteiger partial charge in [-0.3, -0.25) is 19.2 Å². The maximum Gasteiger partial charge on any atom is 0.325 e. The maximum absolute atomic E-state index is 12.9. The van der Waals surface area contributed by atoms with Gasteiger partial charge in [0.05, 0.1) is 11.6 Å². The van der Waals surface area contributed by atoms with Crippen molar-refractivity contribution in [2.75, 3.05) is 13.7 Å². The standard InChI is InChI=1S/C18H19NO7/c1-26-11-14(20)18(17(24)25,8-3-2-7-15(21)22)16(23)13-6-4-5-12(9-13)10-19/h4-6,9H,2-3,7-8,11H2,1H3,(H,21,22)(H,24,25). The number of hydrogen-bond acceptors (Lipinski definition) is 6. The molecule has 0 amide bonds. The number of carboxylic acids is 2. The Morgan fingerprint density at radius 2 is 1.88 bits per heavy atom. The molecule has 0 aromatic heterocycles. The highest BCUT2D eigenvalue weighted by Crippen LogP contribution is 2.32. The Morgan fingerprint density at radius 3 is 2.42 bits per heavy atom. The number of methoxy groups -OCH3 is 1. The first-order valence-electron chi connectivity index (χ1n) is 7.82. The lowest BCUT2D eigenvalue weighted by Crippen LogP contribution is -2.48. The molecule has 8 heteroatoms. The second-order valence-corrected chi connectivity index (χ2v) is 5.69. The number of benzene rings is 1. The van der Waals surface area contributed by atoms with Crippen LogP contribution in [0.5, 0.6) is 0 Å². The highest BCUT2D eigenvalue weighted by atomic mass is 16.5. The number of carboxylic acid groups (broad SMARTS) is 2. The van der Waals surface area contributed by atoms with Crippen LogP contribution in [-0.4, -0.2) is 47.4 Å². The number of nitriles is 1. The van der Waals surface area contributed by atoms with Crippen molar-refractivity contribution in [1.29, 1.82) is 5.26 Å². The van der Waals surface area contributed by atoms with Crippen LogP contribution in [0.2, 0.25) is 0 Å². The lowest BCUT2D eigenvalue weighted by atomic mass is 9.72. The van der Waals surface area contributed by atoms with E-state index in [1.165, 1.54) is 31.4 Å². The summed E-state index contributed by atoms with van der Waals surface area (Å²) in [5, 5.41) is 27.4. The van der Waals surface area contributed by atoms with Crippen LogP contribution in [0.1, 0.15) is 41.6 Å². The molecule has 138 valence electrons. The van der Waals surface area contributed by atoms with Gasteiger partial charge >= 0.3 is 11.9 Å². The fourth-order valence-corrected chi connectivity index (χ4v) is 2.60. The molecule has 0 fully saturated rings. The Morgan fingerprint density at radius 1 is 1.19 bits per heavy atom. The van der Waals surface area contributed by atoms with E-state index in [-0.39, 0.29) is 36.8 Å². The van der Waals surface area contributed by atoms with Crippen LogP contribution in [0.4, 0.5) is 0 Å². The van der Waals surface area contributed by atoms with Gasteiger partial charge in [0.25, 0.3) is 0 Å². The third kappa shape index (κ3) is 4.74. The molecule has 1 aromatic rings. The fourth-order valence-electron chi connectivity index (χ4n) is 2.60. The summed E-state index contributed by atoms with van der Waals surface area (Å²) in [7, 11) is 1.20. The molecular formula is C18H19NO7. The Kier molecular flexibility index (Phi) is 7.62. The van der Waals surface area contributed by atoms with Crippen LogP contribution in [0.15, 0.2) is 24.3 Å². The van der Waals surface area contributed by atoms with Crippen molar-refractivity contribution in [3.05, 3.63) is 35.4 Å². The van der Waals surface area contributed by atoms with Gasteiger partial charge in [-0.15, -0.1) is 0 Å². The van der Waals surface area contributed by atoms with Crippen molar-refractivity contribution in [3.63, 3.8) is 0 Å². The van der Waals surface area contributed by atoms with Crippen LogP contribution in [-0.2, 0) is 19.1 Å². The second kappa shape index (κ2) is 9.44. The molecule has 0 saturated carbocycles. The Labute approximate surface area is 150 Å². The molecule has 1 aromatic carbocycles. The minimum absolute atomic E-state index is 0.0533. The van der Waals surface area contributed by atoms with Gasteiger partial charge in [0.2, 0.25) is 0 Å². The molecule has 0 heterocycles. The number of aliphatic carboxylic acids is 2. The highest BCUT2D eigenvalue weighted by molar-refractivity contribution is 6.27. The second-order valence-electron chi connectivity index (χ2n) is 5.69. The molecule has 1 unspecified atom stereocenters. The van der Waals surface area contributed by atoms with Gasteiger partial charge in [0.15, 0.2) is 17.0 Å². The molecule has 1 atom stereocenters. The zero-order chi connectivity index (χ0) is 19.7. The van der Waals surface area contributed by atoms with Crippen LogP contribution in [0, 0.1) is 16.7 Å². The van der Waals surface area contributed by atoms with Crippen LogP contribution >= 0.6 is 0 Å². The summed E-state index contributed by atoms with van der Waals surface area (Å²) in [6.45, 7) is -0.574. The zero-order valence-corrected chi connectivity index (χ0v) is 14.2. The van der Waals surface area contributed by atoms with E-state index in [9.17, 15) is 24.3 Å². The van der Waals surface area contributed by atoms with Gasteiger partial charge in [-0.25, -0.2) is 0 Å². The van der Waals surface area contributed by atoms with Crippen molar-refractivity contribution < 1.29 is 34.1 Å². The fraction of sp³-hybridized carbons (Fsp3) is 0.389. The normalized spacial score (nSPS) is 12.6. The smallest absolute Gasteiger partial charge is 0.325 e. The largest absolute Gasteiger partial charge is 0.481 e. The SMILES string of the molecule is COCC(=O)C(CCCCC(=O)O)(C(=O)O)C(=O)c1cccc(C#N)c1. The Bertz CT molecular complexity index is 750. The third-order valence-electron chi connectivity index (χ3n) is 3.95. The van der Waals surface area contributed by atoms with Gasteiger partial charge in [-0.1, -0.05) is 18.6 Å². The van der Waals surface area contributed by atoms with Crippen LogP contribution in [0.25, 0.3) is 0 Å². The summed E-state index contributed by atoms with van der Waals surface area (Å²) < 4.78 is 4.72. The van der Waals surface area contributed by atoms with Crippen LogP contribution in [0.3, 0.4) is 0 Å². The van der Waals surface area contributed by atoms with E-state index in [4.69, 9.17) is 15.1 Å². The molecule has 0 aliphatic carbocycles. The summed E-state index contributed by atoms with van der Waals surface area (Å²) in [6, 6.07) is 7.27. The summed E-state index contributed by atoms with van der Waals surface area (Å²) >= 11 is 0. The first kappa shape index (κ1) is 21.0. The summed E-state index contributed by atoms with van der Waals surface area (Å²) in [5.74, 6) is -4.54. The molecule has 0 saturated heterocycles. The van der Waals surface area contributed by atoms with Crippen molar-refractivity contribution in [3.8, 4) is 6.07 Å². The number of carbonyl (C=O) groups is 4. The lowest BCUT2D eigenvalue weighted by molar-refractivity contribution is -0.153.